The molecule has 1 saturated heterocycles. The summed E-state index contributed by atoms with van der Waals surface area (Å²) in [6, 6.07) is 12.9. The minimum Gasteiger partial charge on any atom is -0.508 e. The van der Waals surface area contributed by atoms with Gasteiger partial charge in [0.15, 0.2) is 0 Å². The lowest BCUT2D eigenvalue weighted by Gasteiger charge is -2.23. The zero-order chi connectivity index (χ0) is 21.8. The van der Waals surface area contributed by atoms with Crippen molar-refractivity contribution in [3.63, 3.8) is 0 Å². The highest BCUT2D eigenvalue weighted by Gasteiger charge is 2.37. The number of aliphatic hydroxyl groups excluding tert-OH is 1. The van der Waals surface area contributed by atoms with E-state index in [-0.39, 0.29) is 17.2 Å². The molecule has 2 aromatic carbocycles. The summed E-state index contributed by atoms with van der Waals surface area (Å²) in [6.07, 6.45) is 0.547. The number of aromatic hydroxyl groups is 1. The molecule has 1 fully saturated rings. The van der Waals surface area contributed by atoms with Gasteiger partial charge in [-0.2, -0.15) is 0 Å². The maximum absolute atomic E-state index is 12.6. The van der Waals surface area contributed by atoms with Crippen molar-refractivity contribution >= 4 is 46.5 Å². The van der Waals surface area contributed by atoms with Gasteiger partial charge in [-0.3, -0.25) is 19.3 Å². The van der Waals surface area contributed by atoms with E-state index in [1.54, 1.807) is 36.4 Å². The van der Waals surface area contributed by atoms with Crippen molar-refractivity contribution in [3.8, 4) is 5.75 Å². The Hall–Kier alpha value is -2.81. The summed E-state index contributed by atoms with van der Waals surface area (Å²) in [7, 11) is 1.48. The third-order valence-corrected chi connectivity index (χ3v) is 5.76. The molecule has 1 heterocycles. The molecular weight excluding hydrogens is 428 g/mol. The van der Waals surface area contributed by atoms with Crippen molar-refractivity contribution in [2.24, 2.45) is 0 Å². The summed E-state index contributed by atoms with van der Waals surface area (Å²) in [5, 5.41) is 19.5. The number of hydrogen-bond donors (Lipinski definition) is 2. The number of nitrogens with zero attached hydrogens (tertiary/aromatic N) is 2. The monoisotopic (exact) mass is 446 g/mol. The largest absolute Gasteiger partial charge is 0.508 e. The first-order valence-corrected chi connectivity index (χ1v) is 10.2. The highest BCUT2D eigenvalue weighted by molar-refractivity contribution is 8.18. The van der Waals surface area contributed by atoms with Gasteiger partial charge < -0.3 is 15.1 Å². The van der Waals surface area contributed by atoms with Crippen LogP contribution in [-0.2, 0) is 9.59 Å². The summed E-state index contributed by atoms with van der Waals surface area (Å²) in [5.74, 6) is -0.987. The predicted molar refractivity (Wildman–Crippen MR) is 115 cm³/mol. The summed E-state index contributed by atoms with van der Waals surface area (Å²) in [4.78, 5) is 39.7. The average molecular weight is 447 g/mol. The van der Waals surface area contributed by atoms with Gasteiger partial charge in [-0.15, -0.1) is 0 Å². The number of carbonyl (C=O) groups is 3. The molecule has 1 aliphatic heterocycles. The normalized spacial score (nSPS) is 16.2. The van der Waals surface area contributed by atoms with Crippen molar-refractivity contribution in [2.75, 3.05) is 20.1 Å². The van der Waals surface area contributed by atoms with Crippen LogP contribution in [0.1, 0.15) is 17.2 Å². The van der Waals surface area contributed by atoms with Crippen LogP contribution in [0.5, 0.6) is 5.75 Å². The predicted octanol–water partition coefficient (Wildman–Crippen LogP) is 3.27. The second kappa shape index (κ2) is 9.34. The molecule has 2 N–H and O–H groups in total. The molecule has 0 spiro atoms. The van der Waals surface area contributed by atoms with Crippen LogP contribution in [0.4, 0.5) is 4.79 Å². The lowest BCUT2D eigenvalue weighted by Crippen LogP contribution is -2.41. The minimum atomic E-state index is -0.977. The number of rotatable bonds is 6. The maximum atomic E-state index is 12.6. The Morgan fingerprint density at radius 1 is 1.20 bits per heavy atom. The van der Waals surface area contributed by atoms with E-state index in [2.05, 4.69) is 0 Å². The molecule has 0 bridgehead atoms. The molecule has 0 aromatic heterocycles. The Morgan fingerprint density at radius 3 is 2.53 bits per heavy atom. The van der Waals surface area contributed by atoms with Crippen LogP contribution in [0.25, 0.3) is 6.08 Å². The molecule has 0 saturated carbocycles. The van der Waals surface area contributed by atoms with Gasteiger partial charge in [0, 0.05) is 12.1 Å². The second-order valence-electron chi connectivity index (χ2n) is 6.67. The Labute approximate surface area is 182 Å². The van der Waals surface area contributed by atoms with E-state index >= 15 is 0 Å². The molecule has 0 radical (unpaired) electrons. The van der Waals surface area contributed by atoms with E-state index < -0.39 is 29.7 Å². The highest BCUT2D eigenvalue weighted by atomic mass is 35.5. The number of imide groups is 1. The fourth-order valence-electron chi connectivity index (χ4n) is 2.79. The van der Waals surface area contributed by atoms with Gasteiger partial charge in [0.25, 0.3) is 11.1 Å². The summed E-state index contributed by atoms with van der Waals surface area (Å²) in [6.45, 7) is -0.460. The topological polar surface area (TPSA) is 98.2 Å². The Balaban J connectivity index is 1.64. The van der Waals surface area contributed by atoms with E-state index in [4.69, 9.17) is 11.6 Å². The maximum Gasteiger partial charge on any atom is 0.294 e. The fourth-order valence-corrected chi connectivity index (χ4v) is 3.81. The first-order valence-electron chi connectivity index (χ1n) is 8.97. The summed E-state index contributed by atoms with van der Waals surface area (Å²) in [5.41, 5.74) is 1.13. The molecule has 1 atom stereocenters. The first-order chi connectivity index (χ1) is 14.3. The number of amides is 3. The highest BCUT2D eigenvalue weighted by Crippen LogP contribution is 2.33. The van der Waals surface area contributed by atoms with Gasteiger partial charge in [-0.1, -0.05) is 41.9 Å². The van der Waals surface area contributed by atoms with Crippen LogP contribution in [-0.4, -0.2) is 57.2 Å². The van der Waals surface area contributed by atoms with Gasteiger partial charge in [0.1, 0.15) is 12.3 Å². The van der Waals surface area contributed by atoms with Crippen molar-refractivity contribution in [2.45, 2.75) is 6.10 Å². The molecule has 156 valence electrons. The van der Waals surface area contributed by atoms with Crippen LogP contribution >= 0.6 is 23.4 Å². The van der Waals surface area contributed by atoms with Crippen LogP contribution in [0, 0.1) is 0 Å². The van der Waals surface area contributed by atoms with Crippen LogP contribution in [0.15, 0.2) is 53.4 Å². The number of thioether (sulfide) groups is 1. The number of phenols is 1. The molecule has 9 heteroatoms. The van der Waals surface area contributed by atoms with Crippen molar-refractivity contribution in [3.05, 3.63) is 69.6 Å². The molecule has 2 aromatic rings. The van der Waals surface area contributed by atoms with Gasteiger partial charge in [0.2, 0.25) is 5.91 Å². The number of phenolic OH excluding ortho intramolecular Hbond substituents is 1. The van der Waals surface area contributed by atoms with E-state index in [9.17, 15) is 24.6 Å². The molecule has 3 amide bonds. The Kier molecular flexibility index (Phi) is 6.81. The van der Waals surface area contributed by atoms with E-state index in [1.807, 2.05) is 0 Å². The first kappa shape index (κ1) is 21.9. The molecule has 1 aliphatic rings. The standard InChI is InChI=1S/C21H19ClN2O5S/c1-23(11-17(26)13-6-8-15(25)9-7-13)19(27)12-24-20(28)18(30-21(24)29)10-14-4-2-3-5-16(14)22/h2-10,17,25-26H,11-12H2,1H3/b18-10-/t17-/m1/s1. The van der Waals surface area contributed by atoms with Crippen LogP contribution < -0.4 is 0 Å². The van der Waals surface area contributed by atoms with Crippen LogP contribution in [0.2, 0.25) is 5.02 Å². The second-order valence-corrected chi connectivity index (χ2v) is 8.07. The Bertz CT molecular complexity index is 1010. The molecule has 7 nitrogen and oxygen atoms in total. The number of benzene rings is 2. The average Bonchev–Trinajstić information content (AvgIpc) is 2.97. The van der Waals surface area contributed by atoms with Gasteiger partial charge >= 0.3 is 0 Å². The number of halogens is 1. The molecule has 0 aliphatic carbocycles. The molecule has 30 heavy (non-hydrogen) atoms. The van der Waals surface area contributed by atoms with Crippen molar-refractivity contribution in [1.29, 1.82) is 0 Å². The smallest absolute Gasteiger partial charge is 0.294 e. The SMILES string of the molecule is CN(C[C@@H](O)c1ccc(O)cc1)C(=O)CN1C(=O)S/C(=C\c2ccccc2Cl)C1=O. The van der Waals surface area contributed by atoms with Crippen LogP contribution in [0.3, 0.4) is 0 Å². The van der Waals surface area contributed by atoms with Crippen molar-refractivity contribution in [1.82, 2.24) is 9.80 Å². The number of hydrogen-bond acceptors (Lipinski definition) is 6. The van der Waals surface area contributed by atoms with E-state index in [0.29, 0.717) is 16.1 Å². The van der Waals surface area contributed by atoms with Gasteiger partial charge in [-0.05, 0) is 47.2 Å². The Morgan fingerprint density at radius 2 is 1.87 bits per heavy atom. The van der Waals surface area contributed by atoms with E-state index in [0.717, 1.165) is 16.7 Å². The van der Waals surface area contributed by atoms with Gasteiger partial charge in [-0.25, -0.2) is 0 Å². The summed E-state index contributed by atoms with van der Waals surface area (Å²) < 4.78 is 0. The fraction of sp³-hybridized carbons (Fsp3) is 0.190. The van der Waals surface area contributed by atoms with Crippen molar-refractivity contribution < 1.29 is 24.6 Å². The van der Waals surface area contributed by atoms with Gasteiger partial charge in [0.05, 0.1) is 17.6 Å². The molecule has 0 unspecified atom stereocenters. The lowest BCUT2D eigenvalue weighted by atomic mass is 10.1. The molecule has 3 rings (SSSR count). The molecular formula is C21H19ClN2O5S. The lowest BCUT2D eigenvalue weighted by molar-refractivity contribution is -0.135. The number of aliphatic hydroxyl groups is 1. The summed E-state index contributed by atoms with van der Waals surface area (Å²) >= 11 is 6.84. The quantitative estimate of drug-likeness (QED) is 0.661. The number of carbonyl (C=O) groups excluding carboxylic acids is 3. The minimum absolute atomic E-state index is 0.0324. The van der Waals surface area contributed by atoms with E-state index in [1.165, 1.54) is 30.2 Å². The zero-order valence-corrected chi connectivity index (χ0v) is 17.6. The zero-order valence-electron chi connectivity index (χ0n) is 16.0. The third kappa shape index (κ3) is 5.02. The third-order valence-electron chi connectivity index (χ3n) is 4.51. The number of likely N-dealkylation sites (N-methyl/N-ethyl adjacent to an activating group) is 1.